The monoisotopic (exact) mass is 220 g/mol. The average Bonchev–Trinajstić information content (AvgIpc) is 2.33. The van der Waals surface area contributed by atoms with E-state index in [1.165, 1.54) is 4.68 Å². The molecule has 5 nitrogen and oxygen atoms in total. The first-order chi connectivity index (χ1) is 7.83. The van der Waals surface area contributed by atoms with E-state index in [1.54, 1.807) is 18.3 Å². The van der Waals surface area contributed by atoms with Crippen molar-refractivity contribution in [1.82, 2.24) is 15.1 Å². The van der Waals surface area contributed by atoms with Crippen LogP contribution in [-0.4, -0.2) is 36.0 Å². The normalized spacial score (nSPS) is 16.1. The van der Waals surface area contributed by atoms with Gasteiger partial charge in [0.25, 0.3) is 5.56 Å². The summed E-state index contributed by atoms with van der Waals surface area (Å²) in [6.07, 6.45) is 3.35. The molecular formula is C11H16N4O. The maximum atomic E-state index is 12.0. The first-order valence-electron chi connectivity index (χ1n) is 5.45. The highest BCUT2D eigenvalue weighted by Gasteiger charge is 2.14. The van der Waals surface area contributed by atoms with Crippen molar-refractivity contribution in [3.05, 3.63) is 35.3 Å². The number of nitrogens with one attached hydrogen (secondary N) is 1. The highest BCUT2D eigenvalue weighted by Crippen LogP contribution is 2.07. The van der Waals surface area contributed by atoms with Crippen LogP contribution in [0.5, 0.6) is 0 Å². The number of piperazine rings is 1. The van der Waals surface area contributed by atoms with Gasteiger partial charge >= 0.3 is 0 Å². The maximum Gasteiger partial charge on any atom is 0.290 e. The Hall–Kier alpha value is -1.62. The van der Waals surface area contributed by atoms with Crippen molar-refractivity contribution in [2.24, 2.45) is 0 Å². The molecule has 86 valence electrons. The summed E-state index contributed by atoms with van der Waals surface area (Å²) in [6, 6.07) is 1.78. The lowest BCUT2D eigenvalue weighted by molar-refractivity contribution is 0.578. The summed E-state index contributed by atoms with van der Waals surface area (Å²) in [7, 11) is 0. The lowest BCUT2D eigenvalue weighted by atomic mass is 10.3. The van der Waals surface area contributed by atoms with E-state index in [4.69, 9.17) is 0 Å². The molecule has 1 aliphatic heterocycles. The van der Waals surface area contributed by atoms with E-state index < -0.39 is 0 Å². The van der Waals surface area contributed by atoms with Gasteiger partial charge in [-0.2, -0.15) is 5.10 Å². The molecule has 1 aromatic heterocycles. The van der Waals surface area contributed by atoms with Gasteiger partial charge in [0.2, 0.25) is 0 Å². The first-order valence-corrected chi connectivity index (χ1v) is 5.45. The van der Waals surface area contributed by atoms with Crippen LogP contribution >= 0.6 is 0 Å². The molecule has 1 aromatic rings. The van der Waals surface area contributed by atoms with E-state index in [0.29, 0.717) is 6.54 Å². The Kier molecular flexibility index (Phi) is 3.36. The molecule has 1 fully saturated rings. The molecule has 0 radical (unpaired) electrons. The quantitative estimate of drug-likeness (QED) is 0.719. The van der Waals surface area contributed by atoms with Gasteiger partial charge in [0.1, 0.15) is 5.69 Å². The summed E-state index contributed by atoms with van der Waals surface area (Å²) >= 11 is 0. The van der Waals surface area contributed by atoms with Gasteiger partial charge in [-0.1, -0.05) is 6.08 Å². The predicted octanol–water partition coefficient (Wildman–Crippen LogP) is -0.161. The van der Waals surface area contributed by atoms with Gasteiger partial charge < -0.3 is 10.2 Å². The van der Waals surface area contributed by atoms with Crippen LogP contribution in [0.1, 0.15) is 0 Å². The minimum absolute atomic E-state index is 0.0377. The molecule has 0 aliphatic carbocycles. The molecular weight excluding hydrogens is 204 g/mol. The SMILES string of the molecule is C=CCn1nccc(N2CCNCC2)c1=O. The Balaban J connectivity index is 2.29. The Morgan fingerprint density at radius 1 is 1.50 bits per heavy atom. The fourth-order valence-electron chi connectivity index (χ4n) is 1.84. The third-order valence-electron chi connectivity index (χ3n) is 2.65. The van der Waals surface area contributed by atoms with Crippen molar-refractivity contribution in [3.63, 3.8) is 0 Å². The molecule has 0 amide bonds. The van der Waals surface area contributed by atoms with E-state index in [1.807, 2.05) is 0 Å². The van der Waals surface area contributed by atoms with Crippen LogP contribution in [0.25, 0.3) is 0 Å². The second-order valence-electron chi connectivity index (χ2n) is 3.73. The molecule has 2 rings (SSSR count). The Bertz CT molecular complexity index is 420. The number of aromatic nitrogens is 2. The van der Waals surface area contributed by atoms with E-state index in [9.17, 15) is 4.79 Å². The van der Waals surface area contributed by atoms with Gasteiger partial charge in [-0.3, -0.25) is 4.79 Å². The zero-order valence-electron chi connectivity index (χ0n) is 9.22. The molecule has 0 spiro atoms. The highest BCUT2D eigenvalue weighted by molar-refractivity contribution is 5.43. The largest absolute Gasteiger partial charge is 0.364 e. The first kappa shape index (κ1) is 10.9. The van der Waals surface area contributed by atoms with Crippen LogP contribution in [0.3, 0.4) is 0 Å². The minimum atomic E-state index is -0.0377. The van der Waals surface area contributed by atoms with E-state index in [-0.39, 0.29) is 5.56 Å². The summed E-state index contributed by atoms with van der Waals surface area (Å²) in [4.78, 5) is 14.1. The standard InChI is InChI=1S/C11H16N4O/c1-2-7-15-11(16)10(3-4-13-15)14-8-5-12-6-9-14/h2-4,12H,1,5-9H2. The number of anilines is 1. The van der Waals surface area contributed by atoms with Crippen LogP contribution in [0.4, 0.5) is 5.69 Å². The number of rotatable bonds is 3. The van der Waals surface area contributed by atoms with E-state index in [0.717, 1.165) is 31.9 Å². The Morgan fingerprint density at radius 2 is 2.25 bits per heavy atom. The van der Waals surface area contributed by atoms with Crippen molar-refractivity contribution in [2.45, 2.75) is 6.54 Å². The van der Waals surface area contributed by atoms with Crippen molar-refractivity contribution < 1.29 is 0 Å². The van der Waals surface area contributed by atoms with Gasteiger partial charge in [-0.15, -0.1) is 6.58 Å². The van der Waals surface area contributed by atoms with Gasteiger partial charge in [0, 0.05) is 32.4 Å². The van der Waals surface area contributed by atoms with Crippen molar-refractivity contribution in [3.8, 4) is 0 Å². The minimum Gasteiger partial charge on any atom is -0.364 e. The zero-order chi connectivity index (χ0) is 11.4. The van der Waals surface area contributed by atoms with Gasteiger partial charge in [-0.05, 0) is 6.07 Å². The topological polar surface area (TPSA) is 50.2 Å². The number of hydrogen-bond donors (Lipinski definition) is 1. The van der Waals surface area contributed by atoms with Crippen LogP contribution in [-0.2, 0) is 6.54 Å². The molecule has 1 N–H and O–H groups in total. The molecule has 1 saturated heterocycles. The summed E-state index contributed by atoms with van der Waals surface area (Å²) in [5.41, 5.74) is 0.697. The van der Waals surface area contributed by atoms with Crippen LogP contribution in [0, 0.1) is 0 Å². The predicted molar refractivity (Wildman–Crippen MR) is 63.8 cm³/mol. The van der Waals surface area contributed by atoms with Gasteiger partial charge in [0.15, 0.2) is 0 Å². The Labute approximate surface area is 94.4 Å². The summed E-state index contributed by atoms with van der Waals surface area (Å²) < 4.78 is 1.43. The lowest BCUT2D eigenvalue weighted by Gasteiger charge is -2.28. The molecule has 5 heteroatoms. The molecule has 2 heterocycles. The van der Waals surface area contributed by atoms with Crippen molar-refractivity contribution in [1.29, 1.82) is 0 Å². The lowest BCUT2D eigenvalue weighted by Crippen LogP contribution is -2.46. The molecule has 1 aliphatic rings. The highest BCUT2D eigenvalue weighted by atomic mass is 16.1. The second kappa shape index (κ2) is 4.94. The number of allylic oxidation sites excluding steroid dienone is 1. The Morgan fingerprint density at radius 3 is 2.94 bits per heavy atom. The third-order valence-corrected chi connectivity index (χ3v) is 2.65. The molecule has 0 bridgehead atoms. The van der Waals surface area contributed by atoms with Crippen LogP contribution < -0.4 is 15.8 Å². The van der Waals surface area contributed by atoms with Crippen LogP contribution in [0.15, 0.2) is 29.7 Å². The summed E-state index contributed by atoms with van der Waals surface area (Å²) in [6.45, 7) is 7.65. The van der Waals surface area contributed by atoms with Gasteiger partial charge in [-0.25, -0.2) is 4.68 Å². The molecule has 0 atom stereocenters. The third kappa shape index (κ3) is 2.14. The molecule has 16 heavy (non-hydrogen) atoms. The van der Waals surface area contributed by atoms with Gasteiger partial charge in [0.05, 0.1) is 6.54 Å². The van der Waals surface area contributed by atoms with Crippen molar-refractivity contribution >= 4 is 5.69 Å². The zero-order valence-corrected chi connectivity index (χ0v) is 9.22. The number of hydrogen-bond acceptors (Lipinski definition) is 4. The summed E-state index contributed by atoms with van der Waals surface area (Å²) in [5, 5.41) is 7.28. The van der Waals surface area contributed by atoms with E-state index >= 15 is 0 Å². The fraction of sp³-hybridized carbons (Fsp3) is 0.455. The van der Waals surface area contributed by atoms with Crippen LogP contribution in [0.2, 0.25) is 0 Å². The smallest absolute Gasteiger partial charge is 0.290 e. The fourth-order valence-corrected chi connectivity index (χ4v) is 1.84. The molecule has 0 saturated carbocycles. The maximum absolute atomic E-state index is 12.0. The van der Waals surface area contributed by atoms with E-state index in [2.05, 4.69) is 21.9 Å². The molecule has 0 unspecified atom stereocenters. The van der Waals surface area contributed by atoms with Crippen molar-refractivity contribution in [2.75, 3.05) is 31.1 Å². The summed E-state index contributed by atoms with van der Waals surface area (Å²) in [5.74, 6) is 0. The number of nitrogens with zero attached hydrogens (tertiary/aromatic N) is 3. The second-order valence-corrected chi connectivity index (χ2v) is 3.73. The average molecular weight is 220 g/mol. The molecule has 0 aromatic carbocycles.